The number of anilines is 1. The van der Waals surface area contributed by atoms with Crippen LogP contribution in [0.3, 0.4) is 0 Å². The first-order valence-electron chi connectivity index (χ1n) is 6.36. The van der Waals surface area contributed by atoms with Crippen molar-refractivity contribution in [1.82, 2.24) is 0 Å². The summed E-state index contributed by atoms with van der Waals surface area (Å²) in [6, 6.07) is 7.21. The largest absolute Gasteiger partial charge is 0.480 e. The number of nitrogens with one attached hydrogen (secondary N) is 1. The molecule has 1 saturated carbocycles. The Morgan fingerprint density at radius 3 is 2.58 bits per heavy atom. The minimum atomic E-state index is -0.944. The highest BCUT2D eigenvalue weighted by Gasteiger charge is 2.42. The van der Waals surface area contributed by atoms with Crippen molar-refractivity contribution in [2.75, 3.05) is 12.4 Å². The number of carboxylic acid groups (broad SMARTS) is 1. The molecule has 0 heterocycles. The van der Waals surface area contributed by atoms with E-state index in [1.807, 2.05) is 12.1 Å². The summed E-state index contributed by atoms with van der Waals surface area (Å²) in [6.45, 7) is 0. The average molecular weight is 284 g/mol. The minimum absolute atomic E-state index is 0.153. The van der Waals surface area contributed by atoms with Crippen LogP contribution in [0.25, 0.3) is 0 Å². The molecular weight excluding hydrogens is 266 g/mol. The maximum Gasteiger partial charge on any atom is 0.329 e. The molecule has 1 aliphatic carbocycles. The zero-order chi connectivity index (χ0) is 13.9. The number of ether oxygens (including phenoxy) is 1. The maximum atomic E-state index is 11.6. The monoisotopic (exact) mass is 283 g/mol. The zero-order valence-corrected chi connectivity index (χ0v) is 11.6. The van der Waals surface area contributed by atoms with Gasteiger partial charge in [-0.25, -0.2) is 4.79 Å². The molecule has 104 valence electrons. The molecule has 0 atom stereocenters. The molecule has 2 N–H and O–H groups in total. The van der Waals surface area contributed by atoms with E-state index in [4.69, 9.17) is 16.3 Å². The highest BCUT2D eigenvalue weighted by molar-refractivity contribution is 6.33. The van der Waals surface area contributed by atoms with E-state index in [-0.39, 0.29) is 6.10 Å². The third kappa shape index (κ3) is 3.01. The first-order valence-corrected chi connectivity index (χ1v) is 6.74. The van der Waals surface area contributed by atoms with Crippen LogP contribution >= 0.6 is 11.6 Å². The van der Waals surface area contributed by atoms with E-state index in [0.29, 0.717) is 23.6 Å². The Bertz CT molecular complexity index is 456. The second kappa shape index (κ2) is 5.80. The molecule has 0 aromatic heterocycles. The van der Waals surface area contributed by atoms with Crippen molar-refractivity contribution in [3.8, 4) is 0 Å². The highest BCUT2D eigenvalue weighted by atomic mass is 35.5. The van der Waals surface area contributed by atoms with E-state index in [0.717, 1.165) is 12.8 Å². The van der Waals surface area contributed by atoms with Crippen LogP contribution in [0.2, 0.25) is 5.02 Å². The molecule has 5 heteroatoms. The van der Waals surface area contributed by atoms with Gasteiger partial charge in [0.2, 0.25) is 0 Å². The molecule has 19 heavy (non-hydrogen) atoms. The molecule has 0 aliphatic heterocycles. The van der Waals surface area contributed by atoms with E-state index in [2.05, 4.69) is 5.32 Å². The van der Waals surface area contributed by atoms with Gasteiger partial charge in [-0.2, -0.15) is 0 Å². The van der Waals surface area contributed by atoms with Gasteiger partial charge in [-0.3, -0.25) is 0 Å². The predicted octanol–water partition coefficient (Wildman–Crippen LogP) is 3.16. The number of halogens is 1. The SMILES string of the molecule is COC1CCC(Nc2ccccc2Cl)(C(=O)O)CC1. The third-order valence-corrected chi connectivity index (χ3v) is 4.11. The van der Waals surface area contributed by atoms with Crippen LogP contribution < -0.4 is 5.32 Å². The Morgan fingerprint density at radius 1 is 1.42 bits per heavy atom. The van der Waals surface area contributed by atoms with Crippen molar-refractivity contribution in [3.63, 3.8) is 0 Å². The summed E-state index contributed by atoms with van der Waals surface area (Å²) in [6.07, 6.45) is 2.69. The van der Waals surface area contributed by atoms with E-state index < -0.39 is 11.5 Å². The van der Waals surface area contributed by atoms with E-state index in [1.54, 1.807) is 19.2 Å². The van der Waals surface area contributed by atoms with Crippen LogP contribution in [0.5, 0.6) is 0 Å². The topological polar surface area (TPSA) is 58.6 Å². The van der Waals surface area contributed by atoms with Crippen LogP contribution in [0.15, 0.2) is 24.3 Å². The quantitative estimate of drug-likeness (QED) is 0.891. The maximum absolute atomic E-state index is 11.6. The van der Waals surface area contributed by atoms with Crippen molar-refractivity contribution < 1.29 is 14.6 Å². The van der Waals surface area contributed by atoms with Gasteiger partial charge in [0.15, 0.2) is 0 Å². The minimum Gasteiger partial charge on any atom is -0.480 e. The Labute approximate surface area is 117 Å². The second-order valence-corrected chi connectivity index (χ2v) is 5.33. The van der Waals surface area contributed by atoms with Crippen LogP contribution in [0, 0.1) is 0 Å². The van der Waals surface area contributed by atoms with Gasteiger partial charge in [0.25, 0.3) is 0 Å². The molecule has 0 radical (unpaired) electrons. The van der Waals surface area contributed by atoms with Gasteiger partial charge in [0.1, 0.15) is 5.54 Å². The Morgan fingerprint density at radius 2 is 2.05 bits per heavy atom. The molecule has 1 fully saturated rings. The summed E-state index contributed by atoms with van der Waals surface area (Å²) in [7, 11) is 1.67. The van der Waals surface area contributed by atoms with Crippen molar-refractivity contribution in [3.05, 3.63) is 29.3 Å². The fourth-order valence-electron chi connectivity index (χ4n) is 2.53. The molecule has 0 bridgehead atoms. The third-order valence-electron chi connectivity index (χ3n) is 3.78. The van der Waals surface area contributed by atoms with Crippen LogP contribution in [0.4, 0.5) is 5.69 Å². The van der Waals surface area contributed by atoms with Crippen molar-refractivity contribution in [2.24, 2.45) is 0 Å². The van der Waals surface area contributed by atoms with Crippen molar-refractivity contribution in [1.29, 1.82) is 0 Å². The summed E-state index contributed by atoms with van der Waals surface area (Å²) in [5.41, 5.74) is -0.276. The van der Waals surface area contributed by atoms with E-state index >= 15 is 0 Å². The molecule has 1 aromatic carbocycles. The molecule has 0 saturated heterocycles. The lowest BCUT2D eigenvalue weighted by Crippen LogP contribution is -2.50. The van der Waals surface area contributed by atoms with E-state index in [9.17, 15) is 9.90 Å². The number of hydrogen-bond donors (Lipinski definition) is 2. The number of hydrogen-bond acceptors (Lipinski definition) is 3. The molecule has 2 rings (SSSR count). The van der Waals surface area contributed by atoms with Gasteiger partial charge in [0.05, 0.1) is 16.8 Å². The van der Waals surface area contributed by atoms with Gasteiger partial charge in [-0.1, -0.05) is 23.7 Å². The number of methoxy groups -OCH3 is 1. The highest BCUT2D eigenvalue weighted by Crippen LogP contribution is 2.35. The summed E-state index contributed by atoms with van der Waals surface area (Å²) >= 11 is 6.09. The molecule has 1 aromatic rings. The lowest BCUT2D eigenvalue weighted by atomic mass is 9.80. The number of carbonyl (C=O) groups is 1. The van der Waals surface area contributed by atoms with E-state index in [1.165, 1.54) is 0 Å². The van der Waals surface area contributed by atoms with Gasteiger partial charge >= 0.3 is 5.97 Å². The molecule has 0 amide bonds. The first kappa shape index (κ1) is 14.2. The number of rotatable bonds is 4. The summed E-state index contributed by atoms with van der Waals surface area (Å²) in [4.78, 5) is 11.6. The average Bonchev–Trinajstić information content (AvgIpc) is 2.42. The zero-order valence-electron chi connectivity index (χ0n) is 10.9. The number of carboxylic acids is 1. The summed E-state index contributed by atoms with van der Waals surface area (Å²) in [5.74, 6) is -0.832. The van der Waals surface area contributed by atoms with Gasteiger partial charge < -0.3 is 15.2 Å². The molecule has 4 nitrogen and oxygen atoms in total. The van der Waals surface area contributed by atoms with Crippen LogP contribution in [0.1, 0.15) is 25.7 Å². The fraction of sp³-hybridized carbons (Fsp3) is 0.500. The molecule has 0 unspecified atom stereocenters. The van der Waals surface area contributed by atoms with Gasteiger partial charge in [-0.15, -0.1) is 0 Å². The molecule has 1 aliphatic rings. The Kier molecular flexibility index (Phi) is 4.32. The first-order chi connectivity index (χ1) is 9.07. The second-order valence-electron chi connectivity index (χ2n) is 4.93. The fourth-order valence-corrected chi connectivity index (χ4v) is 2.72. The molecule has 0 spiro atoms. The Hall–Kier alpha value is -1.26. The lowest BCUT2D eigenvalue weighted by Gasteiger charge is -2.37. The number of aliphatic carboxylic acids is 1. The lowest BCUT2D eigenvalue weighted by molar-refractivity contribution is -0.144. The predicted molar refractivity (Wildman–Crippen MR) is 74.7 cm³/mol. The normalized spacial score (nSPS) is 26.9. The van der Waals surface area contributed by atoms with Crippen LogP contribution in [-0.2, 0) is 9.53 Å². The molecular formula is C14H18ClNO3. The number of benzene rings is 1. The van der Waals surface area contributed by atoms with Crippen LogP contribution in [-0.4, -0.2) is 29.8 Å². The number of para-hydroxylation sites is 1. The van der Waals surface area contributed by atoms with Gasteiger partial charge in [0, 0.05) is 7.11 Å². The summed E-state index contributed by atoms with van der Waals surface area (Å²) in [5, 5.41) is 13.2. The van der Waals surface area contributed by atoms with Crippen molar-refractivity contribution >= 4 is 23.3 Å². The smallest absolute Gasteiger partial charge is 0.329 e. The summed E-state index contributed by atoms with van der Waals surface area (Å²) < 4.78 is 5.29. The van der Waals surface area contributed by atoms with Gasteiger partial charge in [-0.05, 0) is 37.8 Å². The standard InChI is InChI=1S/C14H18ClNO3/c1-19-10-6-8-14(9-7-10,13(17)18)16-12-5-3-2-4-11(12)15/h2-5,10,16H,6-9H2,1H3,(H,17,18). The Balaban J connectivity index is 2.18. The van der Waals surface area contributed by atoms with Crippen molar-refractivity contribution in [2.45, 2.75) is 37.3 Å².